The molecular weight excluding hydrogens is 308 g/mol. The van der Waals surface area contributed by atoms with Crippen molar-refractivity contribution in [2.45, 2.75) is 18.9 Å². The number of nitrogens with one attached hydrogen (secondary N) is 1. The van der Waals surface area contributed by atoms with Gasteiger partial charge in [-0.05, 0) is 30.2 Å². The smallest absolute Gasteiger partial charge is 0.322 e. The molecule has 6 nitrogen and oxygen atoms in total. The number of hydrogen-bond acceptors (Lipinski definition) is 6. The maximum absolute atomic E-state index is 12.1. The summed E-state index contributed by atoms with van der Waals surface area (Å²) in [6.45, 7) is 1.32. The molecule has 21 heavy (non-hydrogen) atoms. The summed E-state index contributed by atoms with van der Waals surface area (Å²) >= 11 is 2.74. The number of aliphatic hydroxyl groups excluding tert-OH is 1. The molecule has 3 heterocycles. The molecule has 0 saturated carbocycles. The molecule has 1 saturated heterocycles. The van der Waals surface area contributed by atoms with Gasteiger partial charge in [-0.2, -0.15) is 0 Å². The Morgan fingerprint density at radius 2 is 2.29 bits per heavy atom. The van der Waals surface area contributed by atoms with Gasteiger partial charge in [-0.25, -0.2) is 4.79 Å². The Balaban J connectivity index is 1.52. The third-order valence-electron chi connectivity index (χ3n) is 3.70. The van der Waals surface area contributed by atoms with Gasteiger partial charge in [0.2, 0.25) is 0 Å². The summed E-state index contributed by atoms with van der Waals surface area (Å²) in [4.78, 5) is 14.9. The first-order valence-electron chi connectivity index (χ1n) is 6.79. The van der Waals surface area contributed by atoms with Crippen LogP contribution < -0.4 is 5.32 Å². The van der Waals surface area contributed by atoms with Crippen LogP contribution in [0.4, 0.5) is 9.80 Å². The third-order valence-corrected chi connectivity index (χ3v) is 5.22. The van der Waals surface area contributed by atoms with Crippen molar-refractivity contribution in [3.8, 4) is 0 Å². The molecule has 2 aromatic rings. The van der Waals surface area contributed by atoms with Gasteiger partial charge in [0.25, 0.3) is 0 Å². The number of anilines is 1. The van der Waals surface area contributed by atoms with Gasteiger partial charge in [0.05, 0.1) is 12.3 Å². The minimum absolute atomic E-state index is 0.120. The number of hydrogen-bond donors (Lipinski definition) is 2. The summed E-state index contributed by atoms with van der Waals surface area (Å²) < 4.78 is 3.71. The fraction of sp³-hybridized carbons (Fsp3) is 0.462. The second-order valence-corrected chi connectivity index (χ2v) is 6.76. The number of thiophene rings is 1. The van der Waals surface area contributed by atoms with Crippen molar-refractivity contribution in [3.63, 3.8) is 0 Å². The van der Waals surface area contributed by atoms with Crippen molar-refractivity contribution in [3.05, 3.63) is 28.6 Å². The maximum atomic E-state index is 12.1. The average molecular weight is 324 g/mol. The van der Waals surface area contributed by atoms with E-state index in [1.165, 1.54) is 6.20 Å². The highest BCUT2D eigenvalue weighted by Gasteiger charge is 2.28. The van der Waals surface area contributed by atoms with E-state index in [2.05, 4.69) is 14.9 Å². The Hall–Kier alpha value is -1.51. The maximum Gasteiger partial charge on any atom is 0.322 e. The van der Waals surface area contributed by atoms with E-state index in [-0.39, 0.29) is 11.9 Å². The highest BCUT2D eigenvalue weighted by molar-refractivity contribution is 7.10. The van der Waals surface area contributed by atoms with Gasteiger partial charge in [0.1, 0.15) is 5.00 Å². The van der Waals surface area contributed by atoms with E-state index in [4.69, 9.17) is 0 Å². The van der Waals surface area contributed by atoms with Crippen molar-refractivity contribution in [2.75, 3.05) is 18.4 Å². The molecule has 0 aliphatic carbocycles. The van der Waals surface area contributed by atoms with E-state index >= 15 is 0 Å². The number of carbonyl (C=O) groups excluding carboxylic acids is 1. The number of aromatic nitrogens is 2. The van der Waals surface area contributed by atoms with Gasteiger partial charge in [-0.1, -0.05) is 10.6 Å². The number of piperidine rings is 1. The number of aliphatic hydroxyl groups is 1. The number of rotatable bonds is 3. The summed E-state index contributed by atoms with van der Waals surface area (Å²) in [7, 11) is 0. The van der Waals surface area contributed by atoms with E-state index in [1.807, 2.05) is 17.5 Å². The third kappa shape index (κ3) is 3.39. The van der Waals surface area contributed by atoms with Crippen molar-refractivity contribution < 1.29 is 9.90 Å². The van der Waals surface area contributed by atoms with Gasteiger partial charge in [-0.3, -0.25) is 5.32 Å². The van der Waals surface area contributed by atoms with Crippen molar-refractivity contribution >= 4 is 33.9 Å². The molecule has 1 aliphatic heterocycles. The first kappa shape index (κ1) is 14.4. The molecule has 1 aliphatic rings. The number of amides is 2. The van der Waals surface area contributed by atoms with E-state index in [9.17, 15) is 9.90 Å². The Kier molecular flexibility index (Phi) is 4.47. The van der Waals surface area contributed by atoms with Crippen molar-refractivity contribution in [2.24, 2.45) is 5.92 Å². The second kappa shape index (κ2) is 6.50. The standard InChI is InChI=1S/C13H16N4O2S2/c18-12(10-2-1-7-20-10)9-3-5-17(6-4-9)13(19)15-11-8-14-16-21-11/h1-2,7-9,12,18H,3-6H2,(H,15,19). The van der Waals surface area contributed by atoms with Gasteiger partial charge >= 0.3 is 6.03 Å². The second-order valence-electron chi connectivity index (χ2n) is 5.00. The largest absolute Gasteiger partial charge is 0.387 e. The molecule has 112 valence electrons. The Morgan fingerprint density at radius 1 is 1.48 bits per heavy atom. The molecule has 1 unspecified atom stereocenters. The van der Waals surface area contributed by atoms with Crippen LogP contribution in [0.2, 0.25) is 0 Å². The number of nitrogens with zero attached hydrogens (tertiary/aromatic N) is 3. The quantitative estimate of drug-likeness (QED) is 0.909. The van der Waals surface area contributed by atoms with Crippen LogP contribution in [0.3, 0.4) is 0 Å². The molecule has 0 radical (unpaired) electrons. The molecule has 2 aromatic heterocycles. The van der Waals surface area contributed by atoms with Crippen LogP contribution in [0, 0.1) is 5.92 Å². The predicted molar refractivity (Wildman–Crippen MR) is 82.5 cm³/mol. The summed E-state index contributed by atoms with van der Waals surface area (Å²) in [5.74, 6) is 0.220. The monoisotopic (exact) mass is 324 g/mol. The van der Waals surface area contributed by atoms with Gasteiger partial charge < -0.3 is 10.0 Å². The van der Waals surface area contributed by atoms with Crippen LogP contribution >= 0.6 is 22.9 Å². The molecule has 0 bridgehead atoms. The summed E-state index contributed by atoms with van der Waals surface area (Å²) in [5, 5.41) is 19.4. The first-order valence-corrected chi connectivity index (χ1v) is 8.44. The molecular formula is C13H16N4O2S2. The van der Waals surface area contributed by atoms with Crippen LogP contribution in [0.15, 0.2) is 23.7 Å². The number of carbonyl (C=O) groups is 1. The topological polar surface area (TPSA) is 78.4 Å². The van der Waals surface area contributed by atoms with Crippen molar-refractivity contribution in [1.29, 1.82) is 0 Å². The number of likely N-dealkylation sites (tertiary alicyclic amines) is 1. The zero-order valence-corrected chi connectivity index (χ0v) is 12.9. The molecule has 0 spiro atoms. The van der Waals surface area contributed by atoms with E-state index in [0.717, 1.165) is 29.3 Å². The lowest BCUT2D eigenvalue weighted by molar-refractivity contribution is 0.0708. The lowest BCUT2D eigenvalue weighted by Crippen LogP contribution is -2.41. The van der Waals surface area contributed by atoms with Crippen LogP contribution in [0.1, 0.15) is 23.8 Å². The fourth-order valence-corrected chi connectivity index (χ4v) is 3.73. The van der Waals surface area contributed by atoms with E-state index in [0.29, 0.717) is 18.1 Å². The minimum atomic E-state index is -0.416. The minimum Gasteiger partial charge on any atom is -0.387 e. The highest BCUT2D eigenvalue weighted by atomic mass is 32.1. The highest BCUT2D eigenvalue weighted by Crippen LogP contribution is 2.33. The first-order chi connectivity index (χ1) is 10.2. The lowest BCUT2D eigenvalue weighted by atomic mass is 9.90. The van der Waals surface area contributed by atoms with Crippen LogP contribution in [-0.2, 0) is 0 Å². The Bertz CT molecular complexity index is 565. The molecule has 1 atom stereocenters. The van der Waals surface area contributed by atoms with E-state index < -0.39 is 6.10 Å². The lowest BCUT2D eigenvalue weighted by Gasteiger charge is -2.33. The van der Waals surface area contributed by atoms with Gasteiger partial charge in [0.15, 0.2) is 0 Å². The average Bonchev–Trinajstić information content (AvgIpc) is 3.20. The predicted octanol–water partition coefficient (Wildman–Crippen LogP) is 2.58. The van der Waals surface area contributed by atoms with Gasteiger partial charge in [-0.15, -0.1) is 16.4 Å². The molecule has 2 amide bonds. The zero-order chi connectivity index (χ0) is 14.7. The summed E-state index contributed by atoms with van der Waals surface area (Å²) in [6.07, 6.45) is 2.75. The molecule has 3 rings (SSSR count). The van der Waals surface area contributed by atoms with Crippen molar-refractivity contribution in [1.82, 2.24) is 14.5 Å². The Labute approximate surface area is 130 Å². The SMILES string of the molecule is O=C(Nc1cnns1)N1CCC(C(O)c2cccs2)CC1. The molecule has 2 N–H and O–H groups in total. The van der Waals surface area contributed by atoms with Crippen LogP contribution in [0.25, 0.3) is 0 Å². The molecule has 1 fully saturated rings. The number of urea groups is 1. The fourth-order valence-electron chi connectivity index (χ4n) is 2.52. The van der Waals surface area contributed by atoms with E-state index in [1.54, 1.807) is 16.2 Å². The van der Waals surface area contributed by atoms with Crippen LogP contribution in [-0.4, -0.2) is 38.7 Å². The Morgan fingerprint density at radius 3 is 2.90 bits per heavy atom. The zero-order valence-electron chi connectivity index (χ0n) is 11.3. The summed E-state index contributed by atoms with van der Waals surface area (Å²) in [5.41, 5.74) is 0. The normalized spacial score (nSPS) is 17.7. The molecule has 8 heteroatoms. The molecule has 0 aromatic carbocycles. The van der Waals surface area contributed by atoms with Crippen LogP contribution in [0.5, 0.6) is 0 Å². The summed E-state index contributed by atoms with van der Waals surface area (Å²) in [6, 6.07) is 3.80. The van der Waals surface area contributed by atoms with Gasteiger partial charge in [0, 0.05) is 29.5 Å².